The maximum absolute atomic E-state index is 13.9. The van der Waals surface area contributed by atoms with Crippen LogP contribution in [0.15, 0.2) is 18.2 Å². The van der Waals surface area contributed by atoms with Gasteiger partial charge in [0.15, 0.2) is 0 Å². The minimum atomic E-state index is -5.29. The molecule has 0 aliphatic carbocycles. The molecule has 0 bridgehead atoms. The van der Waals surface area contributed by atoms with Crippen molar-refractivity contribution in [1.29, 1.82) is 0 Å². The van der Waals surface area contributed by atoms with E-state index >= 15 is 0 Å². The zero-order chi connectivity index (χ0) is 35.4. The van der Waals surface area contributed by atoms with E-state index in [1.807, 2.05) is 6.92 Å². The van der Waals surface area contributed by atoms with Gasteiger partial charge in [0.05, 0.1) is 0 Å². The Morgan fingerprint density at radius 2 is 1.29 bits per heavy atom. The number of unbranched alkanes of at least 4 members (excludes halogenated alkanes) is 5. The van der Waals surface area contributed by atoms with Gasteiger partial charge in [-0.25, -0.2) is 0 Å². The molecule has 1 saturated heterocycles. The molecule has 10 nitrogen and oxygen atoms in total. The molecule has 3 rings (SSSR count). The second-order valence-corrected chi connectivity index (χ2v) is 40.1. The summed E-state index contributed by atoms with van der Waals surface area (Å²) in [5.74, 6) is -0.723. The molecule has 2 unspecified atom stereocenters. The number of benzene rings is 1. The number of rotatable bonds is 20. The molecule has 0 amide bonds. The van der Waals surface area contributed by atoms with Crippen molar-refractivity contribution in [2.75, 3.05) is 6.61 Å². The Bertz CT molecular complexity index is 1200. The van der Waals surface area contributed by atoms with Crippen LogP contribution >= 0.6 is 0 Å². The van der Waals surface area contributed by atoms with E-state index in [1.165, 1.54) is 0 Å². The fourth-order valence-corrected chi connectivity index (χ4v) is 34.3. The standard InChI is InChI=1S/C7H6O4.C5H10O2.5C4H9.C3H4O4.3Sn/c8-5-2-1-4(7(10)11)3-6(5)9;1-5(2,3)4(6)7;5*1-3-4-2;4-1-2(5)3(6)7;;;/h1-3,8-9H,(H,10,11);1-3H3,(H,6,7);5*1,3-4H2,2H3;2H,1H2,(H,6,7);;;/q;;;;;;;-2;2*+2;+3/p-5. The van der Waals surface area contributed by atoms with E-state index in [2.05, 4.69) is 27.7 Å². The fraction of sp³-hybridized carbons (Fsp3) is 0.743. The van der Waals surface area contributed by atoms with Gasteiger partial charge in [0.1, 0.15) is 0 Å². The molecule has 2 heterocycles. The van der Waals surface area contributed by atoms with Crippen molar-refractivity contribution in [1.82, 2.24) is 0 Å². The summed E-state index contributed by atoms with van der Waals surface area (Å²) in [5.41, 5.74) is -0.668. The number of fused-ring (bicyclic) bond motifs is 1. The van der Waals surface area contributed by atoms with Gasteiger partial charge in [-0.05, 0) is 0 Å². The van der Waals surface area contributed by atoms with Crippen molar-refractivity contribution in [3.63, 3.8) is 0 Å². The molecule has 0 N–H and O–H groups in total. The molecular weight excluding hydrogens is 937 g/mol. The van der Waals surface area contributed by atoms with E-state index in [1.54, 1.807) is 39.0 Å². The zero-order valence-electron chi connectivity index (χ0n) is 30.7. The summed E-state index contributed by atoms with van der Waals surface area (Å²) >= 11 is -12.2. The van der Waals surface area contributed by atoms with E-state index in [4.69, 9.17) is 21.5 Å². The van der Waals surface area contributed by atoms with E-state index in [0.29, 0.717) is 17.9 Å². The van der Waals surface area contributed by atoms with Gasteiger partial charge in [0.2, 0.25) is 0 Å². The van der Waals surface area contributed by atoms with Crippen molar-refractivity contribution in [3.05, 3.63) is 23.8 Å². The topological polar surface area (TPSA) is 116 Å². The second-order valence-electron chi connectivity index (χ2n) is 14.3. The molecule has 0 spiro atoms. The molecule has 2 aliphatic rings. The van der Waals surface area contributed by atoms with Gasteiger partial charge in [-0.2, -0.15) is 0 Å². The third-order valence-electron chi connectivity index (χ3n) is 8.74. The quantitative estimate of drug-likeness (QED) is 0.117. The SMILES string of the molecule is CCC[CH2][Sn]1([CH2]CCC)[O]c2ccc(C(=O)[O][Sn]([CH2]CCC)([O]C(=O)C3C[O][Sn]([CH2]CCC)([CH2]CCC)[O]3)[O]C(=O)C(C)(C)C)cc2[O]1. The van der Waals surface area contributed by atoms with E-state index < -0.39 is 87.5 Å². The maximum atomic E-state index is 13.9. The van der Waals surface area contributed by atoms with Crippen LogP contribution in [0.25, 0.3) is 0 Å². The Balaban J connectivity index is 1.90. The van der Waals surface area contributed by atoms with Crippen LogP contribution in [-0.2, 0) is 25.0 Å². The molecule has 2 aliphatic heterocycles. The van der Waals surface area contributed by atoms with Gasteiger partial charge < -0.3 is 0 Å². The molecule has 1 aromatic carbocycles. The van der Waals surface area contributed by atoms with E-state index in [9.17, 15) is 14.4 Å². The van der Waals surface area contributed by atoms with Crippen LogP contribution in [0.1, 0.15) is 130 Å². The summed E-state index contributed by atoms with van der Waals surface area (Å²) in [4.78, 5) is 41.2. The minimum absolute atomic E-state index is 0.116. The van der Waals surface area contributed by atoms with Crippen molar-refractivity contribution in [2.24, 2.45) is 5.41 Å². The first-order valence-electron chi connectivity index (χ1n) is 18.3. The van der Waals surface area contributed by atoms with Gasteiger partial charge in [-0.15, -0.1) is 0 Å². The molecular formula is C35H60O10Sn3. The first-order valence-corrected chi connectivity index (χ1v) is 36.6. The summed E-state index contributed by atoms with van der Waals surface area (Å²) in [7, 11) is 0. The van der Waals surface area contributed by atoms with E-state index in [0.717, 1.165) is 75.5 Å². The first-order chi connectivity index (χ1) is 22.8. The second kappa shape index (κ2) is 19.4. The van der Waals surface area contributed by atoms with Gasteiger partial charge in [0, 0.05) is 0 Å². The normalized spacial score (nSPS) is 19.0. The average Bonchev–Trinajstić information content (AvgIpc) is 3.65. The molecule has 2 atom stereocenters. The third kappa shape index (κ3) is 11.8. The predicted molar refractivity (Wildman–Crippen MR) is 191 cm³/mol. The summed E-state index contributed by atoms with van der Waals surface area (Å²) in [5, 5.41) is 0. The molecule has 0 radical (unpaired) electrons. The number of hydrogen-bond donors (Lipinski definition) is 0. The molecule has 272 valence electrons. The van der Waals surface area contributed by atoms with Crippen LogP contribution in [0, 0.1) is 5.41 Å². The molecule has 1 aromatic rings. The van der Waals surface area contributed by atoms with Crippen LogP contribution in [0.4, 0.5) is 0 Å². The summed E-state index contributed by atoms with van der Waals surface area (Å²) in [6.07, 6.45) is 8.57. The van der Waals surface area contributed by atoms with Crippen molar-refractivity contribution < 1.29 is 35.9 Å². The Kier molecular flexibility index (Phi) is 17.0. The van der Waals surface area contributed by atoms with Gasteiger partial charge in [-0.1, -0.05) is 0 Å². The molecule has 0 saturated carbocycles. The van der Waals surface area contributed by atoms with Crippen LogP contribution in [-0.4, -0.2) is 88.6 Å². The monoisotopic (exact) mass is 1000 g/mol. The summed E-state index contributed by atoms with van der Waals surface area (Å²) in [6, 6.07) is 5.08. The molecule has 13 heteroatoms. The summed E-state index contributed by atoms with van der Waals surface area (Å²) < 4.78 is 48.2. The van der Waals surface area contributed by atoms with Crippen LogP contribution < -0.4 is 6.15 Å². The Hall–Kier alpha value is -0.454. The Labute approximate surface area is 304 Å². The van der Waals surface area contributed by atoms with Crippen LogP contribution in [0.5, 0.6) is 11.5 Å². The molecule has 1 fully saturated rings. The predicted octanol–water partition coefficient (Wildman–Crippen LogP) is 8.99. The van der Waals surface area contributed by atoms with Gasteiger partial charge in [0.25, 0.3) is 0 Å². The summed E-state index contributed by atoms with van der Waals surface area (Å²) in [6.45, 7) is 15.9. The number of hydrogen-bond acceptors (Lipinski definition) is 10. The van der Waals surface area contributed by atoms with Crippen molar-refractivity contribution >= 4 is 75.9 Å². The fourth-order valence-electron chi connectivity index (χ4n) is 5.71. The van der Waals surface area contributed by atoms with Gasteiger partial charge >= 0.3 is 307 Å². The van der Waals surface area contributed by atoms with E-state index in [-0.39, 0.29) is 16.6 Å². The Morgan fingerprint density at radius 3 is 1.83 bits per heavy atom. The number of carbonyl (C=O) groups excluding carboxylic acids is 3. The Morgan fingerprint density at radius 1 is 0.750 bits per heavy atom. The van der Waals surface area contributed by atoms with Gasteiger partial charge in [-0.3, -0.25) is 0 Å². The zero-order valence-corrected chi connectivity index (χ0v) is 39.3. The van der Waals surface area contributed by atoms with Crippen molar-refractivity contribution in [2.45, 2.75) is 148 Å². The molecule has 48 heavy (non-hydrogen) atoms. The number of carbonyl (C=O) groups is 3. The third-order valence-corrected chi connectivity index (χ3v) is 35.9. The van der Waals surface area contributed by atoms with Crippen LogP contribution in [0.2, 0.25) is 22.2 Å². The van der Waals surface area contributed by atoms with Crippen molar-refractivity contribution in [3.8, 4) is 11.5 Å². The average molecular weight is 997 g/mol. The first kappa shape index (κ1) is 42.0. The molecule has 0 aromatic heterocycles. The van der Waals surface area contributed by atoms with Crippen LogP contribution in [0.3, 0.4) is 0 Å².